The summed E-state index contributed by atoms with van der Waals surface area (Å²) >= 11 is 0. The van der Waals surface area contributed by atoms with Crippen molar-refractivity contribution in [2.24, 2.45) is 0 Å². The van der Waals surface area contributed by atoms with Gasteiger partial charge in [-0.3, -0.25) is 10.1 Å². The molecule has 0 radical (unpaired) electrons. The van der Waals surface area contributed by atoms with Gasteiger partial charge >= 0.3 is 0 Å². The van der Waals surface area contributed by atoms with Gasteiger partial charge < -0.3 is 5.11 Å². The van der Waals surface area contributed by atoms with Gasteiger partial charge in [0.25, 0.3) is 0 Å². The van der Waals surface area contributed by atoms with E-state index in [2.05, 4.69) is 0 Å². The summed E-state index contributed by atoms with van der Waals surface area (Å²) in [5.41, 5.74) is 0. The minimum atomic E-state index is -0.856. The zero-order valence-electron chi connectivity index (χ0n) is 4.87. The molecular weight excluding hydrogens is 110 g/mol. The summed E-state index contributed by atoms with van der Waals surface area (Å²) in [6.45, 7) is 2.76. The first-order valence-electron chi connectivity index (χ1n) is 2.37. The molecule has 0 aromatic heterocycles. The lowest BCUT2D eigenvalue weighted by molar-refractivity contribution is -0.528. The lowest BCUT2D eigenvalue weighted by Crippen LogP contribution is -2.27. The van der Waals surface area contributed by atoms with E-state index < -0.39 is 17.1 Å². The Morgan fingerprint density at radius 1 is 1.62 bits per heavy atom. The first kappa shape index (κ1) is 7.36. The first-order chi connectivity index (χ1) is 3.55. The highest BCUT2D eigenvalue weighted by Gasteiger charge is 2.18. The molecule has 0 saturated heterocycles. The van der Waals surface area contributed by atoms with Crippen LogP contribution in [0.25, 0.3) is 0 Å². The molecule has 0 aromatic rings. The van der Waals surface area contributed by atoms with Crippen LogP contribution < -0.4 is 0 Å². The highest BCUT2D eigenvalue weighted by Crippen LogP contribution is 1.93. The van der Waals surface area contributed by atoms with Crippen molar-refractivity contribution < 1.29 is 10.0 Å². The second-order valence-corrected chi connectivity index (χ2v) is 1.77. The zero-order valence-corrected chi connectivity index (χ0v) is 4.87. The highest BCUT2D eigenvalue weighted by atomic mass is 16.6. The molecule has 0 aliphatic carbocycles. The van der Waals surface area contributed by atoms with Crippen LogP contribution in [0, 0.1) is 10.1 Å². The van der Waals surface area contributed by atoms with Crippen molar-refractivity contribution >= 4 is 0 Å². The van der Waals surface area contributed by atoms with Crippen LogP contribution in [0.1, 0.15) is 13.8 Å². The molecule has 4 heteroatoms. The monoisotopic (exact) mass is 119 g/mol. The standard InChI is InChI=1S/C4H9NO3/c1-3(4(2)6)5(7)8/h3-4,6H,1-2H3/t3-,4-/m0/s1. The van der Waals surface area contributed by atoms with Crippen LogP contribution in [0.3, 0.4) is 0 Å². The number of aliphatic hydroxyl groups excluding tert-OH is 1. The maximum atomic E-state index is 9.79. The SMILES string of the molecule is C[C@H](O)[C@H](C)[N+](=O)[O-]. The summed E-state index contributed by atoms with van der Waals surface area (Å²) in [6, 6.07) is -0.852. The summed E-state index contributed by atoms with van der Waals surface area (Å²) < 4.78 is 0. The predicted molar refractivity (Wildman–Crippen MR) is 28.1 cm³/mol. The van der Waals surface area contributed by atoms with Crippen LogP contribution in [0.5, 0.6) is 0 Å². The second-order valence-electron chi connectivity index (χ2n) is 1.77. The number of hydrogen-bond acceptors (Lipinski definition) is 3. The summed E-state index contributed by atoms with van der Waals surface area (Å²) in [6.07, 6.45) is -0.856. The number of hydrogen-bond donors (Lipinski definition) is 1. The van der Waals surface area contributed by atoms with E-state index in [1.54, 1.807) is 0 Å². The molecule has 0 bridgehead atoms. The van der Waals surface area contributed by atoms with Crippen molar-refractivity contribution in [3.8, 4) is 0 Å². The van der Waals surface area contributed by atoms with Crippen molar-refractivity contribution in [2.45, 2.75) is 26.0 Å². The average Bonchev–Trinajstić information content (AvgIpc) is 1.64. The van der Waals surface area contributed by atoms with Crippen LogP contribution in [-0.4, -0.2) is 22.2 Å². The molecule has 1 N–H and O–H groups in total. The fourth-order valence-electron chi connectivity index (χ4n) is 0.176. The Kier molecular flexibility index (Phi) is 2.41. The molecule has 4 nitrogen and oxygen atoms in total. The minimum absolute atomic E-state index is 0.509. The number of aliphatic hydroxyl groups is 1. The van der Waals surface area contributed by atoms with Gasteiger partial charge in [-0.05, 0) is 6.92 Å². The van der Waals surface area contributed by atoms with E-state index in [1.807, 2.05) is 0 Å². The van der Waals surface area contributed by atoms with Gasteiger partial charge in [-0.1, -0.05) is 0 Å². The Balaban J connectivity index is 3.64. The Labute approximate surface area is 47.3 Å². The van der Waals surface area contributed by atoms with Gasteiger partial charge in [-0.2, -0.15) is 0 Å². The van der Waals surface area contributed by atoms with Crippen LogP contribution >= 0.6 is 0 Å². The Morgan fingerprint density at radius 3 is 2.00 bits per heavy atom. The quantitative estimate of drug-likeness (QED) is 0.412. The van der Waals surface area contributed by atoms with Gasteiger partial charge in [0.1, 0.15) is 6.10 Å². The smallest absolute Gasteiger partial charge is 0.235 e. The van der Waals surface area contributed by atoms with E-state index in [1.165, 1.54) is 13.8 Å². The van der Waals surface area contributed by atoms with E-state index >= 15 is 0 Å². The first-order valence-corrected chi connectivity index (χ1v) is 2.37. The average molecular weight is 119 g/mol. The normalized spacial score (nSPS) is 17.4. The Hall–Kier alpha value is -0.640. The van der Waals surface area contributed by atoms with Gasteiger partial charge in [0, 0.05) is 11.8 Å². The number of nitro groups is 1. The molecule has 0 aliphatic heterocycles. The summed E-state index contributed by atoms with van der Waals surface area (Å²) in [5, 5.41) is 18.3. The molecule has 0 unspecified atom stereocenters. The fourth-order valence-corrected chi connectivity index (χ4v) is 0.176. The molecular formula is C4H9NO3. The van der Waals surface area contributed by atoms with Crippen molar-refractivity contribution in [1.29, 1.82) is 0 Å². The van der Waals surface area contributed by atoms with E-state index in [9.17, 15) is 10.1 Å². The van der Waals surface area contributed by atoms with Crippen molar-refractivity contribution in [3.05, 3.63) is 10.1 Å². The highest BCUT2D eigenvalue weighted by molar-refractivity contribution is 4.53. The van der Waals surface area contributed by atoms with Crippen LogP contribution in [-0.2, 0) is 0 Å². The maximum Gasteiger partial charge on any atom is 0.235 e. The molecule has 0 aromatic carbocycles. The Bertz CT molecular complexity index is 91.3. The molecule has 8 heavy (non-hydrogen) atoms. The van der Waals surface area contributed by atoms with Gasteiger partial charge in [0.05, 0.1) is 0 Å². The third kappa shape index (κ3) is 1.88. The maximum absolute atomic E-state index is 9.79. The number of nitrogens with zero attached hydrogens (tertiary/aromatic N) is 1. The lowest BCUT2D eigenvalue weighted by Gasteiger charge is -2.03. The van der Waals surface area contributed by atoms with Crippen molar-refractivity contribution in [3.63, 3.8) is 0 Å². The largest absolute Gasteiger partial charge is 0.386 e. The molecule has 0 heterocycles. The topological polar surface area (TPSA) is 63.4 Å². The molecule has 0 fully saturated rings. The zero-order chi connectivity index (χ0) is 6.73. The van der Waals surface area contributed by atoms with Crippen LogP contribution in [0.4, 0.5) is 0 Å². The molecule has 0 saturated carbocycles. The summed E-state index contributed by atoms with van der Waals surface area (Å²) in [4.78, 5) is 9.28. The second kappa shape index (κ2) is 2.61. The van der Waals surface area contributed by atoms with E-state index in [0.29, 0.717) is 0 Å². The number of rotatable bonds is 2. The summed E-state index contributed by atoms with van der Waals surface area (Å²) in [5.74, 6) is 0. The molecule has 2 atom stereocenters. The molecule has 0 spiro atoms. The van der Waals surface area contributed by atoms with Crippen molar-refractivity contribution in [2.75, 3.05) is 0 Å². The fraction of sp³-hybridized carbons (Fsp3) is 1.00. The molecule has 0 aliphatic rings. The van der Waals surface area contributed by atoms with E-state index in [-0.39, 0.29) is 0 Å². The van der Waals surface area contributed by atoms with E-state index in [0.717, 1.165) is 0 Å². The summed E-state index contributed by atoms with van der Waals surface area (Å²) in [7, 11) is 0. The third-order valence-corrected chi connectivity index (χ3v) is 1.03. The van der Waals surface area contributed by atoms with Crippen LogP contribution in [0.2, 0.25) is 0 Å². The van der Waals surface area contributed by atoms with Gasteiger partial charge in [0.2, 0.25) is 6.04 Å². The molecule has 48 valence electrons. The van der Waals surface area contributed by atoms with Gasteiger partial charge in [0.15, 0.2) is 0 Å². The van der Waals surface area contributed by atoms with Gasteiger partial charge in [-0.25, -0.2) is 0 Å². The van der Waals surface area contributed by atoms with Crippen molar-refractivity contribution in [1.82, 2.24) is 0 Å². The molecule has 0 amide bonds. The van der Waals surface area contributed by atoms with E-state index in [4.69, 9.17) is 5.11 Å². The predicted octanol–water partition coefficient (Wildman–Crippen LogP) is 0.0324. The van der Waals surface area contributed by atoms with Gasteiger partial charge in [-0.15, -0.1) is 0 Å². The van der Waals surface area contributed by atoms with Crippen LogP contribution in [0.15, 0.2) is 0 Å². The third-order valence-electron chi connectivity index (χ3n) is 1.03. The Morgan fingerprint density at radius 2 is 2.00 bits per heavy atom. The lowest BCUT2D eigenvalue weighted by atomic mass is 10.2. The molecule has 0 rings (SSSR count). The minimum Gasteiger partial charge on any atom is -0.386 e.